The van der Waals surface area contributed by atoms with Crippen molar-refractivity contribution in [3.63, 3.8) is 0 Å². The van der Waals surface area contributed by atoms with Gasteiger partial charge in [-0.2, -0.15) is 0 Å². The molecule has 0 heterocycles. The Morgan fingerprint density at radius 3 is 2.06 bits per heavy atom. The lowest BCUT2D eigenvalue weighted by Gasteiger charge is -2.31. The van der Waals surface area contributed by atoms with Crippen molar-refractivity contribution in [3.8, 4) is 0 Å². The molecule has 9 heteroatoms. The van der Waals surface area contributed by atoms with Gasteiger partial charge in [-0.15, -0.1) is 0 Å². The largest absolute Gasteiger partial charge is 0.354 e. The molecule has 2 aromatic rings. The maximum absolute atomic E-state index is 13.5. The van der Waals surface area contributed by atoms with Crippen LogP contribution in [0.5, 0.6) is 0 Å². The van der Waals surface area contributed by atoms with Crippen LogP contribution in [0.1, 0.15) is 37.5 Å². The standard InChI is InChI=1S/C25H34BrN3O4S/c1-17(2)14-27-25(31)20(5)28(15-21-7-9-22(26)10-8-21)24(30)16-29(34(6,32)33)23-12-18(3)11-19(4)13-23/h7-13,17,20H,14-16H2,1-6H3,(H,27,31)/t20-/m1/s1. The molecule has 0 aromatic heterocycles. The Morgan fingerprint density at radius 2 is 1.56 bits per heavy atom. The third kappa shape index (κ3) is 8.13. The first-order chi connectivity index (χ1) is 15.8. The van der Waals surface area contributed by atoms with E-state index in [4.69, 9.17) is 0 Å². The van der Waals surface area contributed by atoms with Crippen molar-refractivity contribution < 1.29 is 18.0 Å². The molecule has 0 unspecified atom stereocenters. The fraction of sp³-hybridized carbons (Fsp3) is 0.440. The minimum absolute atomic E-state index is 0.173. The molecule has 2 rings (SSSR count). The molecule has 186 valence electrons. The monoisotopic (exact) mass is 551 g/mol. The molecule has 0 aliphatic rings. The van der Waals surface area contributed by atoms with Crippen LogP contribution in [0, 0.1) is 19.8 Å². The van der Waals surface area contributed by atoms with E-state index in [2.05, 4.69) is 21.2 Å². The topological polar surface area (TPSA) is 86.8 Å². The SMILES string of the molecule is Cc1cc(C)cc(N(CC(=O)N(Cc2ccc(Br)cc2)[C@H](C)C(=O)NCC(C)C)S(C)(=O)=O)c1. The number of halogens is 1. The van der Waals surface area contributed by atoms with Gasteiger partial charge in [0, 0.05) is 17.6 Å². The van der Waals surface area contributed by atoms with Crippen molar-refractivity contribution in [3.05, 3.63) is 63.6 Å². The molecular weight excluding hydrogens is 518 g/mol. The molecule has 34 heavy (non-hydrogen) atoms. The lowest BCUT2D eigenvalue weighted by atomic mass is 10.1. The minimum atomic E-state index is -3.75. The number of hydrogen-bond donors (Lipinski definition) is 1. The van der Waals surface area contributed by atoms with Crippen LogP contribution in [0.25, 0.3) is 0 Å². The van der Waals surface area contributed by atoms with Gasteiger partial charge in [-0.05, 0) is 67.6 Å². The van der Waals surface area contributed by atoms with Gasteiger partial charge in [0.25, 0.3) is 0 Å². The number of aryl methyl sites for hydroxylation is 2. The Kier molecular flexibility index (Phi) is 9.70. The molecule has 1 atom stereocenters. The van der Waals surface area contributed by atoms with E-state index in [0.29, 0.717) is 12.2 Å². The Bertz CT molecular complexity index is 1100. The smallest absolute Gasteiger partial charge is 0.244 e. The molecule has 1 N–H and O–H groups in total. The minimum Gasteiger partial charge on any atom is -0.354 e. The molecule has 2 amide bonds. The molecule has 0 fully saturated rings. The Balaban J connectivity index is 2.39. The number of carbonyl (C=O) groups is 2. The van der Waals surface area contributed by atoms with Gasteiger partial charge >= 0.3 is 0 Å². The number of anilines is 1. The van der Waals surface area contributed by atoms with Crippen molar-refractivity contribution in [2.24, 2.45) is 5.92 Å². The van der Waals surface area contributed by atoms with Gasteiger partial charge in [0.2, 0.25) is 21.8 Å². The van der Waals surface area contributed by atoms with E-state index in [1.54, 1.807) is 19.1 Å². The highest BCUT2D eigenvalue weighted by Gasteiger charge is 2.30. The molecule has 0 aliphatic carbocycles. The third-order valence-corrected chi connectivity index (χ3v) is 6.96. The lowest BCUT2D eigenvalue weighted by Crippen LogP contribution is -2.51. The fourth-order valence-electron chi connectivity index (χ4n) is 3.53. The second-order valence-corrected chi connectivity index (χ2v) is 11.9. The highest BCUT2D eigenvalue weighted by Crippen LogP contribution is 2.22. The van der Waals surface area contributed by atoms with Gasteiger partial charge < -0.3 is 10.2 Å². The van der Waals surface area contributed by atoms with Gasteiger partial charge in [-0.1, -0.05) is 48.0 Å². The number of sulfonamides is 1. The van der Waals surface area contributed by atoms with Gasteiger partial charge in [0.15, 0.2) is 0 Å². The van der Waals surface area contributed by atoms with Crippen LogP contribution >= 0.6 is 15.9 Å². The number of nitrogens with one attached hydrogen (secondary N) is 1. The van der Waals surface area contributed by atoms with Gasteiger partial charge in [0.05, 0.1) is 11.9 Å². The Hall–Kier alpha value is -2.39. The zero-order valence-corrected chi connectivity index (χ0v) is 23.0. The quantitative estimate of drug-likeness (QED) is 0.483. The predicted molar refractivity (Wildman–Crippen MR) is 140 cm³/mol. The molecule has 2 aromatic carbocycles. The first-order valence-electron chi connectivity index (χ1n) is 11.2. The van der Waals surface area contributed by atoms with E-state index in [0.717, 1.165) is 31.7 Å². The maximum atomic E-state index is 13.5. The van der Waals surface area contributed by atoms with Crippen LogP contribution in [-0.4, -0.2) is 50.5 Å². The van der Waals surface area contributed by atoms with Crippen LogP contribution in [0.4, 0.5) is 5.69 Å². The number of hydrogen-bond acceptors (Lipinski definition) is 4. The zero-order valence-electron chi connectivity index (χ0n) is 20.6. The normalized spacial score (nSPS) is 12.4. The Labute approximate surface area is 211 Å². The van der Waals surface area contributed by atoms with Crippen LogP contribution in [-0.2, 0) is 26.2 Å². The molecule has 0 saturated heterocycles. The Morgan fingerprint density at radius 1 is 1.00 bits per heavy atom. The lowest BCUT2D eigenvalue weighted by molar-refractivity contribution is -0.139. The summed E-state index contributed by atoms with van der Waals surface area (Å²) in [7, 11) is -3.75. The highest BCUT2D eigenvalue weighted by molar-refractivity contribution is 9.10. The summed E-state index contributed by atoms with van der Waals surface area (Å²) in [4.78, 5) is 27.8. The fourth-order valence-corrected chi connectivity index (χ4v) is 4.63. The van der Waals surface area contributed by atoms with E-state index in [9.17, 15) is 18.0 Å². The summed E-state index contributed by atoms with van der Waals surface area (Å²) in [6, 6.07) is 12.1. The number of nitrogens with zero attached hydrogens (tertiary/aromatic N) is 2. The van der Waals surface area contributed by atoms with Crippen molar-refractivity contribution >= 4 is 43.5 Å². The second-order valence-electron chi connectivity index (χ2n) is 9.08. The summed E-state index contributed by atoms with van der Waals surface area (Å²) in [5.41, 5.74) is 3.04. The van der Waals surface area contributed by atoms with E-state index in [1.807, 2.05) is 58.0 Å². The summed E-state index contributed by atoms with van der Waals surface area (Å²) in [6.07, 6.45) is 1.08. The number of benzene rings is 2. The van der Waals surface area contributed by atoms with Crippen molar-refractivity contribution in [2.45, 2.75) is 47.2 Å². The summed E-state index contributed by atoms with van der Waals surface area (Å²) >= 11 is 3.40. The number of rotatable bonds is 10. The molecular formula is C25H34BrN3O4S. The molecule has 0 radical (unpaired) electrons. The maximum Gasteiger partial charge on any atom is 0.244 e. The van der Waals surface area contributed by atoms with Crippen LogP contribution in [0.2, 0.25) is 0 Å². The molecule has 0 bridgehead atoms. The first kappa shape index (κ1) is 27.9. The number of amides is 2. The van der Waals surface area contributed by atoms with E-state index in [-0.39, 0.29) is 18.4 Å². The molecule has 0 saturated carbocycles. The zero-order chi connectivity index (χ0) is 25.6. The van der Waals surface area contributed by atoms with Gasteiger partial charge in [0.1, 0.15) is 12.6 Å². The van der Waals surface area contributed by atoms with Crippen molar-refractivity contribution in [1.82, 2.24) is 10.2 Å². The van der Waals surface area contributed by atoms with E-state index in [1.165, 1.54) is 4.90 Å². The van der Waals surface area contributed by atoms with Crippen LogP contribution < -0.4 is 9.62 Å². The third-order valence-electron chi connectivity index (χ3n) is 5.29. The van der Waals surface area contributed by atoms with Crippen molar-refractivity contribution in [2.75, 3.05) is 23.7 Å². The first-order valence-corrected chi connectivity index (χ1v) is 13.8. The molecule has 7 nitrogen and oxygen atoms in total. The summed E-state index contributed by atoms with van der Waals surface area (Å²) in [5, 5.41) is 2.87. The molecule has 0 aliphatic heterocycles. The summed E-state index contributed by atoms with van der Waals surface area (Å²) in [6.45, 7) is 9.65. The number of carbonyl (C=O) groups excluding carboxylic acids is 2. The van der Waals surface area contributed by atoms with Gasteiger partial charge in [-0.25, -0.2) is 8.42 Å². The molecule has 0 spiro atoms. The average Bonchev–Trinajstić information content (AvgIpc) is 2.73. The highest BCUT2D eigenvalue weighted by atomic mass is 79.9. The summed E-state index contributed by atoms with van der Waals surface area (Å²) < 4.78 is 27.3. The second kappa shape index (κ2) is 11.8. The summed E-state index contributed by atoms with van der Waals surface area (Å²) in [5.74, 6) is -0.478. The van der Waals surface area contributed by atoms with E-state index >= 15 is 0 Å². The predicted octanol–water partition coefficient (Wildman–Crippen LogP) is 4.02. The van der Waals surface area contributed by atoms with Gasteiger partial charge in [-0.3, -0.25) is 13.9 Å². The van der Waals surface area contributed by atoms with E-state index < -0.39 is 28.5 Å². The van der Waals surface area contributed by atoms with Crippen LogP contribution in [0.3, 0.4) is 0 Å². The van der Waals surface area contributed by atoms with Crippen LogP contribution in [0.15, 0.2) is 46.9 Å². The average molecular weight is 553 g/mol. The van der Waals surface area contributed by atoms with Crippen molar-refractivity contribution in [1.29, 1.82) is 0 Å².